The van der Waals surface area contributed by atoms with Gasteiger partial charge in [-0.2, -0.15) is 0 Å². The molecule has 0 bridgehead atoms. The first-order chi connectivity index (χ1) is 21.4. The second kappa shape index (κ2) is 13.0. The summed E-state index contributed by atoms with van der Waals surface area (Å²) in [6, 6.07) is 28.1. The molecule has 2 heterocycles. The van der Waals surface area contributed by atoms with Gasteiger partial charge in [0.15, 0.2) is 4.34 Å². The summed E-state index contributed by atoms with van der Waals surface area (Å²) in [5, 5.41) is 20.6. The number of carbonyl (C=O) groups excluding carboxylic acids is 2. The fraction of sp³-hybridized carbons (Fsp3) is 0.0909. The van der Waals surface area contributed by atoms with E-state index in [1.165, 1.54) is 40.9 Å². The number of aliphatic hydroxyl groups is 1. The quantitative estimate of drug-likeness (QED) is 0.0575. The molecular formula is C33H23ClFN3O4S2. The zero-order valence-corrected chi connectivity index (χ0v) is 25.3. The molecule has 1 aromatic heterocycles. The molecule has 1 aliphatic rings. The third-order valence-electron chi connectivity index (χ3n) is 6.92. The largest absolute Gasteiger partial charge is 0.507 e. The van der Waals surface area contributed by atoms with Gasteiger partial charge in [0.1, 0.15) is 23.9 Å². The summed E-state index contributed by atoms with van der Waals surface area (Å²) in [4.78, 5) is 28.2. The predicted molar refractivity (Wildman–Crippen MR) is 169 cm³/mol. The Morgan fingerprint density at radius 1 is 0.932 bits per heavy atom. The van der Waals surface area contributed by atoms with E-state index in [-0.39, 0.29) is 16.3 Å². The molecule has 5 aromatic rings. The van der Waals surface area contributed by atoms with Crippen molar-refractivity contribution in [1.29, 1.82) is 0 Å². The number of aliphatic hydroxyl groups excluding tert-OH is 1. The van der Waals surface area contributed by atoms with Crippen molar-refractivity contribution in [1.82, 2.24) is 10.2 Å². The second-order valence-corrected chi connectivity index (χ2v) is 12.3. The molecule has 7 nitrogen and oxygen atoms in total. The van der Waals surface area contributed by atoms with Gasteiger partial charge in [-0.15, -0.1) is 10.2 Å². The number of amides is 1. The molecule has 0 saturated carbocycles. The van der Waals surface area contributed by atoms with Gasteiger partial charge in [-0.25, -0.2) is 4.39 Å². The summed E-state index contributed by atoms with van der Waals surface area (Å²) in [5.74, 6) is -1.55. The first-order valence-corrected chi connectivity index (χ1v) is 15.6. The number of Topliss-reactive ketones (excluding diaryl/α,β-unsaturated/α-hetero) is 1. The summed E-state index contributed by atoms with van der Waals surface area (Å²) < 4.78 is 20.1. The second-order valence-electron chi connectivity index (χ2n) is 9.75. The number of nitrogens with zero attached hydrogens (tertiary/aromatic N) is 3. The van der Waals surface area contributed by atoms with Crippen LogP contribution in [0.4, 0.5) is 9.52 Å². The number of benzene rings is 4. The Bertz CT molecular complexity index is 1850. The first-order valence-electron chi connectivity index (χ1n) is 13.4. The lowest BCUT2D eigenvalue weighted by atomic mass is 9.95. The van der Waals surface area contributed by atoms with Gasteiger partial charge < -0.3 is 9.84 Å². The van der Waals surface area contributed by atoms with Gasteiger partial charge >= 0.3 is 5.91 Å². The van der Waals surface area contributed by atoms with E-state index in [1.54, 1.807) is 24.3 Å². The number of carbonyl (C=O) groups is 2. The molecule has 1 unspecified atom stereocenters. The minimum absolute atomic E-state index is 0.139. The Morgan fingerprint density at radius 3 is 2.36 bits per heavy atom. The van der Waals surface area contributed by atoms with Crippen molar-refractivity contribution in [3.05, 3.63) is 142 Å². The molecule has 0 radical (unpaired) electrons. The molecular weight excluding hydrogens is 621 g/mol. The van der Waals surface area contributed by atoms with Crippen LogP contribution in [0.2, 0.25) is 5.02 Å². The van der Waals surface area contributed by atoms with Gasteiger partial charge in [0.05, 0.1) is 11.6 Å². The summed E-state index contributed by atoms with van der Waals surface area (Å²) in [7, 11) is 0. The van der Waals surface area contributed by atoms with E-state index in [9.17, 15) is 19.1 Å². The normalized spacial score (nSPS) is 16.0. The number of hydrogen-bond donors (Lipinski definition) is 1. The van der Waals surface area contributed by atoms with E-state index in [1.807, 2.05) is 54.6 Å². The molecule has 0 spiro atoms. The average molecular weight is 644 g/mol. The van der Waals surface area contributed by atoms with Crippen LogP contribution in [0.15, 0.2) is 113 Å². The topological polar surface area (TPSA) is 92.6 Å². The number of rotatable bonds is 9. The molecule has 1 N–H and O–H groups in total. The van der Waals surface area contributed by atoms with E-state index < -0.39 is 29.3 Å². The van der Waals surface area contributed by atoms with Crippen LogP contribution in [0.1, 0.15) is 28.3 Å². The molecule has 1 saturated heterocycles. The molecule has 4 aromatic carbocycles. The standard InChI is InChI=1S/C33H23ClFN3O4S2/c34-26-9-5-4-8-23(26)19-43-33-37-36-32(44-33)38-28(21-12-16-25(17-13-21)42-18-20-6-2-1-3-7-20)27(30(40)31(38)41)29(39)22-10-14-24(35)15-11-22/h1-17,28,39H,18-19H2/b29-27-. The van der Waals surface area contributed by atoms with Crippen molar-refractivity contribution in [2.45, 2.75) is 22.7 Å². The van der Waals surface area contributed by atoms with Crippen LogP contribution in [0.25, 0.3) is 5.76 Å². The molecule has 0 aliphatic carbocycles. The van der Waals surface area contributed by atoms with Crippen LogP contribution >= 0.6 is 34.7 Å². The predicted octanol–water partition coefficient (Wildman–Crippen LogP) is 7.83. The van der Waals surface area contributed by atoms with E-state index in [4.69, 9.17) is 16.3 Å². The molecule has 11 heteroatoms. The molecule has 1 atom stereocenters. The van der Waals surface area contributed by atoms with Crippen molar-refractivity contribution < 1.29 is 23.8 Å². The van der Waals surface area contributed by atoms with Crippen molar-refractivity contribution in [2.24, 2.45) is 0 Å². The van der Waals surface area contributed by atoms with Gasteiger partial charge in [-0.1, -0.05) is 95.4 Å². The van der Waals surface area contributed by atoms with Crippen molar-refractivity contribution in [3.63, 3.8) is 0 Å². The van der Waals surface area contributed by atoms with Crippen molar-refractivity contribution in [3.8, 4) is 5.75 Å². The number of halogens is 2. The maximum Gasteiger partial charge on any atom is 0.301 e. The SMILES string of the molecule is O=C1C(=O)N(c2nnc(SCc3ccccc3Cl)s2)C(c2ccc(OCc3ccccc3)cc2)/C1=C(/O)c1ccc(F)cc1. The summed E-state index contributed by atoms with van der Waals surface area (Å²) >= 11 is 8.85. The lowest BCUT2D eigenvalue weighted by Gasteiger charge is -2.22. The zero-order chi connectivity index (χ0) is 30.6. The van der Waals surface area contributed by atoms with Crippen LogP contribution < -0.4 is 9.64 Å². The van der Waals surface area contributed by atoms with E-state index >= 15 is 0 Å². The van der Waals surface area contributed by atoms with Crippen molar-refractivity contribution in [2.75, 3.05) is 4.90 Å². The van der Waals surface area contributed by atoms with Gasteiger partial charge in [0.2, 0.25) is 5.13 Å². The minimum Gasteiger partial charge on any atom is -0.507 e. The van der Waals surface area contributed by atoms with Crippen molar-refractivity contribution >= 4 is 57.3 Å². The highest BCUT2D eigenvalue weighted by atomic mass is 35.5. The fourth-order valence-electron chi connectivity index (χ4n) is 4.71. The smallest absolute Gasteiger partial charge is 0.301 e. The number of thioether (sulfide) groups is 1. The highest BCUT2D eigenvalue weighted by Crippen LogP contribution is 2.44. The average Bonchev–Trinajstić information content (AvgIpc) is 3.62. The number of ether oxygens (including phenoxy) is 1. The van der Waals surface area contributed by atoms with Gasteiger partial charge in [0, 0.05) is 16.3 Å². The monoisotopic (exact) mass is 643 g/mol. The Balaban J connectivity index is 1.34. The van der Waals surface area contributed by atoms with E-state index in [0.29, 0.717) is 33.0 Å². The highest BCUT2D eigenvalue weighted by molar-refractivity contribution is 8.00. The van der Waals surface area contributed by atoms with Gasteiger partial charge in [-0.3, -0.25) is 14.5 Å². The summed E-state index contributed by atoms with van der Waals surface area (Å²) in [6.45, 7) is 0.364. The lowest BCUT2D eigenvalue weighted by Crippen LogP contribution is -2.29. The molecule has 1 aliphatic heterocycles. The van der Waals surface area contributed by atoms with Gasteiger partial charge in [-0.05, 0) is 59.2 Å². The number of ketones is 1. The minimum atomic E-state index is -1.02. The molecule has 220 valence electrons. The summed E-state index contributed by atoms with van der Waals surface area (Å²) in [6.07, 6.45) is 0. The zero-order valence-electron chi connectivity index (χ0n) is 22.9. The van der Waals surface area contributed by atoms with Crippen LogP contribution in [0.5, 0.6) is 5.75 Å². The Morgan fingerprint density at radius 2 is 1.64 bits per heavy atom. The van der Waals surface area contributed by atoms with E-state index in [0.717, 1.165) is 22.5 Å². The third kappa shape index (κ3) is 6.23. The number of aromatic nitrogens is 2. The fourth-order valence-corrected chi connectivity index (χ4v) is 6.86. The van der Waals surface area contributed by atoms with Gasteiger partial charge in [0.25, 0.3) is 5.78 Å². The summed E-state index contributed by atoms with van der Waals surface area (Å²) in [5.41, 5.74) is 2.53. The van der Waals surface area contributed by atoms with Crippen LogP contribution in [0.3, 0.4) is 0 Å². The highest BCUT2D eigenvalue weighted by Gasteiger charge is 2.48. The molecule has 44 heavy (non-hydrogen) atoms. The first kappa shape index (κ1) is 29.6. The Kier molecular flexibility index (Phi) is 8.74. The number of anilines is 1. The Labute approximate surface area is 265 Å². The molecule has 6 rings (SSSR count). The number of hydrogen-bond acceptors (Lipinski definition) is 8. The van der Waals surface area contributed by atoms with Crippen LogP contribution in [-0.2, 0) is 21.9 Å². The maximum absolute atomic E-state index is 13.6. The van der Waals surface area contributed by atoms with Crippen LogP contribution in [-0.4, -0.2) is 27.0 Å². The maximum atomic E-state index is 13.6. The molecule has 1 amide bonds. The van der Waals surface area contributed by atoms with Crippen LogP contribution in [0, 0.1) is 5.82 Å². The lowest BCUT2D eigenvalue weighted by molar-refractivity contribution is -0.132. The van der Waals surface area contributed by atoms with E-state index in [2.05, 4.69) is 10.2 Å². The molecule has 1 fully saturated rings. The Hall–Kier alpha value is -4.51. The third-order valence-corrected chi connectivity index (χ3v) is 9.39.